The van der Waals surface area contributed by atoms with Crippen molar-refractivity contribution in [2.75, 3.05) is 19.6 Å². The molecular weight excluding hydrogens is 296 g/mol. The van der Waals surface area contributed by atoms with E-state index in [0.717, 1.165) is 44.1 Å². The molecule has 0 saturated carbocycles. The fourth-order valence-corrected chi connectivity index (χ4v) is 2.61. The van der Waals surface area contributed by atoms with E-state index in [0.29, 0.717) is 0 Å². The van der Waals surface area contributed by atoms with Gasteiger partial charge in [-0.2, -0.15) is 0 Å². The van der Waals surface area contributed by atoms with Gasteiger partial charge in [-0.05, 0) is 50.5 Å². The number of aryl methyl sites for hydroxylation is 2. The molecule has 4 heteroatoms. The topological polar surface area (TPSA) is 49.3 Å². The number of aromatic nitrogens is 1. The second-order valence-electron chi connectivity index (χ2n) is 5.94. The number of benzene rings is 1. The summed E-state index contributed by atoms with van der Waals surface area (Å²) < 4.78 is 0. The van der Waals surface area contributed by atoms with Crippen LogP contribution in [0.1, 0.15) is 29.3 Å². The van der Waals surface area contributed by atoms with Gasteiger partial charge < -0.3 is 10.6 Å². The predicted molar refractivity (Wildman–Crippen MR) is 102 cm³/mol. The van der Waals surface area contributed by atoms with Crippen molar-refractivity contribution in [3.05, 3.63) is 65.0 Å². The van der Waals surface area contributed by atoms with E-state index >= 15 is 0 Å². The molecule has 24 heavy (non-hydrogen) atoms. The maximum atomic E-state index is 4.63. The minimum atomic E-state index is 0.732. The lowest BCUT2D eigenvalue weighted by Crippen LogP contribution is -2.38. The minimum absolute atomic E-state index is 0.732. The molecule has 0 aliphatic heterocycles. The second kappa shape index (κ2) is 9.71. The number of guanidine groups is 1. The van der Waals surface area contributed by atoms with Crippen LogP contribution in [-0.2, 0) is 12.8 Å². The largest absolute Gasteiger partial charge is 0.357 e. The molecule has 128 valence electrons. The van der Waals surface area contributed by atoms with Crippen LogP contribution in [0.5, 0.6) is 0 Å². The van der Waals surface area contributed by atoms with Crippen molar-refractivity contribution in [1.29, 1.82) is 0 Å². The van der Waals surface area contributed by atoms with Gasteiger partial charge in [0.2, 0.25) is 0 Å². The highest BCUT2D eigenvalue weighted by atomic mass is 15.2. The molecule has 0 bridgehead atoms. The Labute approximate surface area is 145 Å². The Bertz CT molecular complexity index is 650. The van der Waals surface area contributed by atoms with Gasteiger partial charge in [0.15, 0.2) is 5.96 Å². The Kier molecular flexibility index (Phi) is 7.27. The molecular formula is C20H28N4. The van der Waals surface area contributed by atoms with E-state index in [2.05, 4.69) is 59.6 Å². The molecule has 0 fully saturated rings. The molecule has 0 amide bonds. The lowest BCUT2D eigenvalue weighted by Gasteiger charge is -2.12. The van der Waals surface area contributed by atoms with Crippen LogP contribution in [0.3, 0.4) is 0 Å². The summed E-state index contributed by atoms with van der Waals surface area (Å²) in [6, 6.07) is 12.6. The normalized spacial score (nSPS) is 11.4. The highest BCUT2D eigenvalue weighted by molar-refractivity contribution is 5.79. The quantitative estimate of drug-likeness (QED) is 0.608. The van der Waals surface area contributed by atoms with Crippen LogP contribution in [0.4, 0.5) is 0 Å². The van der Waals surface area contributed by atoms with E-state index < -0.39 is 0 Å². The van der Waals surface area contributed by atoms with E-state index in [1.54, 1.807) is 0 Å². The number of hydrogen-bond acceptors (Lipinski definition) is 2. The zero-order chi connectivity index (χ0) is 17.2. The minimum Gasteiger partial charge on any atom is -0.357 e. The van der Waals surface area contributed by atoms with Crippen molar-refractivity contribution in [3.8, 4) is 0 Å². The molecule has 1 heterocycles. The fraction of sp³-hybridized carbons (Fsp3) is 0.400. The van der Waals surface area contributed by atoms with E-state index in [-0.39, 0.29) is 0 Å². The molecule has 4 nitrogen and oxygen atoms in total. The first-order valence-electron chi connectivity index (χ1n) is 8.67. The average Bonchev–Trinajstić information content (AvgIpc) is 2.58. The van der Waals surface area contributed by atoms with Gasteiger partial charge in [-0.3, -0.25) is 9.98 Å². The molecule has 0 aliphatic rings. The van der Waals surface area contributed by atoms with Crippen LogP contribution in [0.2, 0.25) is 0 Å². The first kappa shape index (κ1) is 18.0. The summed E-state index contributed by atoms with van der Waals surface area (Å²) in [7, 11) is 0. The lowest BCUT2D eigenvalue weighted by molar-refractivity contribution is 0.792. The lowest BCUT2D eigenvalue weighted by atomic mass is 10.0. The second-order valence-corrected chi connectivity index (χ2v) is 5.94. The first-order chi connectivity index (χ1) is 11.7. The van der Waals surface area contributed by atoms with Crippen LogP contribution < -0.4 is 10.6 Å². The van der Waals surface area contributed by atoms with Gasteiger partial charge in [0.05, 0.1) is 0 Å². The molecule has 1 aromatic carbocycles. The van der Waals surface area contributed by atoms with Gasteiger partial charge in [0.25, 0.3) is 0 Å². The summed E-state index contributed by atoms with van der Waals surface area (Å²) in [5.41, 5.74) is 5.13. The standard InChI is InChI=1S/C20H28N4/c1-4-21-20(24-14-11-19-7-5-6-12-22-19)23-13-10-18-9-8-16(2)15-17(18)3/h5-9,12,15H,4,10-11,13-14H2,1-3H3,(H2,21,23,24). The Morgan fingerprint density at radius 1 is 1.08 bits per heavy atom. The highest BCUT2D eigenvalue weighted by Gasteiger charge is 2.01. The fourth-order valence-electron chi connectivity index (χ4n) is 2.61. The number of pyridine rings is 1. The zero-order valence-electron chi connectivity index (χ0n) is 15.0. The molecule has 0 spiro atoms. The summed E-state index contributed by atoms with van der Waals surface area (Å²) in [5, 5.41) is 6.71. The summed E-state index contributed by atoms with van der Waals surface area (Å²) in [6.07, 6.45) is 3.68. The third-order valence-electron chi connectivity index (χ3n) is 3.89. The van der Waals surface area contributed by atoms with Crippen molar-refractivity contribution in [2.24, 2.45) is 4.99 Å². The smallest absolute Gasteiger partial charge is 0.191 e. The predicted octanol–water partition coefficient (Wildman–Crippen LogP) is 3.04. The maximum absolute atomic E-state index is 4.63. The molecule has 0 atom stereocenters. The maximum Gasteiger partial charge on any atom is 0.191 e. The SMILES string of the molecule is CCNC(=NCCc1ccccn1)NCCc1ccc(C)cc1C. The molecule has 0 unspecified atom stereocenters. The third-order valence-corrected chi connectivity index (χ3v) is 3.89. The number of aliphatic imine (C=N–C) groups is 1. The Morgan fingerprint density at radius 2 is 1.96 bits per heavy atom. The third kappa shape index (κ3) is 6.03. The summed E-state index contributed by atoms with van der Waals surface area (Å²) in [6.45, 7) is 8.86. The average molecular weight is 324 g/mol. The van der Waals surface area contributed by atoms with Crippen molar-refractivity contribution >= 4 is 5.96 Å². The first-order valence-corrected chi connectivity index (χ1v) is 8.67. The number of rotatable bonds is 7. The van der Waals surface area contributed by atoms with Gasteiger partial charge >= 0.3 is 0 Å². The Hall–Kier alpha value is -2.36. The van der Waals surface area contributed by atoms with E-state index in [1.165, 1.54) is 16.7 Å². The monoisotopic (exact) mass is 324 g/mol. The highest BCUT2D eigenvalue weighted by Crippen LogP contribution is 2.10. The van der Waals surface area contributed by atoms with Gasteiger partial charge in [0, 0.05) is 37.9 Å². The van der Waals surface area contributed by atoms with Crippen LogP contribution in [0.15, 0.2) is 47.6 Å². The van der Waals surface area contributed by atoms with Crippen LogP contribution in [0, 0.1) is 13.8 Å². The molecule has 2 N–H and O–H groups in total. The number of hydrogen-bond donors (Lipinski definition) is 2. The van der Waals surface area contributed by atoms with Gasteiger partial charge in [-0.25, -0.2) is 0 Å². The summed E-state index contributed by atoms with van der Waals surface area (Å²) in [5.74, 6) is 0.873. The molecule has 2 rings (SSSR count). The summed E-state index contributed by atoms with van der Waals surface area (Å²) >= 11 is 0. The number of nitrogens with zero attached hydrogens (tertiary/aromatic N) is 2. The van der Waals surface area contributed by atoms with Crippen LogP contribution in [0.25, 0.3) is 0 Å². The zero-order valence-corrected chi connectivity index (χ0v) is 15.0. The molecule has 1 aromatic heterocycles. The van der Waals surface area contributed by atoms with Crippen molar-refractivity contribution in [1.82, 2.24) is 15.6 Å². The summed E-state index contributed by atoms with van der Waals surface area (Å²) in [4.78, 5) is 8.96. The van der Waals surface area contributed by atoms with Crippen LogP contribution >= 0.6 is 0 Å². The van der Waals surface area contributed by atoms with Gasteiger partial charge in [0.1, 0.15) is 0 Å². The van der Waals surface area contributed by atoms with E-state index in [9.17, 15) is 0 Å². The number of nitrogens with one attached hydrogen (secondary N) is 2. The molecule has 0 radical (unpaired) electrons. The molecule has 0 saturated heterocycles. The van der Waals surface area contributed by atoms with E-state index in [4.69, 9.17) is 0 Å². The van der Waals surface area contributed by atoms with Crippen molar-refractivity contribution in [2.45, 2.75) is 33.6 Å². The van der Waals surface area contributed by atoms with Gasteiger partial charge in [-0.15, -0.1) is 0 Å². The van der Waals surface area contributed by atoms with Crippen molar-refractivity contribution < 1.29 is 0 Å². The van der Waals surface area contributed by atoms with Crippen LogP contribution in [-0.4, -0.2) is 30.6 Å². The Balaban J connectivity index is 1.82. The molecule has 2 aromatic rings. The Morgan fingerprint density at radius 3 is 2.67 bits per heavy atom. The van der Waals surface area contributed by atoms with Gasteiger partial charge in [-0.1, -0.05) is 29.8 Å². The van der Waals surface area contributed by atoms with Crippen molar-refractivity contribution in [3.63, 3.8) is 0 Å². The van der Waals surface area contributed by atoms with E-state index in [1.807, 2.05) is 24.4 Å². The molecule has 0 aliphatic carbocycles.